The minimum absolute atomic E-state index is 0.224. The molecule has 3 N–H and O–H groups in total. The lowest BCUT2D eigenvalue weighted by Crippen LogP contribution is -2.32. The first kappa shape index (κ1) is 24.0. The minimum atomic E-state index is -1.01. The molecule has 0 aliphatic carbocycles. The number of carbonyl (C=O) groups is 1. The van der Waals surface area contributed by atoms with Gasteiger partial charge in [0.25, 0.3) is 0 Å². The molecule has 0 spiro atoms. The number of nitrogens with one attached hydrogen (secondary N) is 1. The van der Waals surface area contributed by atoms with Crippen molar-refractivity contribution in [2.45, 2.75) is 12.5 Å². The van der Waals surface area contributed by atoms with E-state index in [1.165, 1.54) is 0 Å². The Morgan fingerprint density at radius 3 is 2.18 bits per heavy atom. The van der Waals surface area contributed by atoms with Crippen LogP contribution in [0.2, 0.25) is 0 Å². The Bertz CT molecular complexity index is 1000. The summed E-state index contributed by atoms with van der Waals surface area (Å²) in [6.45, 7) is 0.958. The number of aliphatic hydroxyl groups excluding tert-OH is 1. The van der Waals surface area contributed by atoms with E-state index in [4.69, 9.17) is 14.6 Å². The largest absolute Gasteiger partial charge is 0.491 e. The minimum Gasteiger partial charge on any atom is -0.491 e. The molecule has 3 aromatic rings. The van der Waals surface area contributed by atoms with Gasteiger partial charge < -0.3 is 25.0 Å². The van der Waals surface area contributed by atoms with E-state index in [1.807, 2.05) is 72.8 Å². The molecule has 0 heterocycles. The van der Waals surface area contributed by atoms with Crippen molar-refractivity contribution in [1.82, 2.24) is 5.32 Å². The number of hydrogen-bond donors (Lipinski definition) is 3. The summed E-state index contributed by atoms with van der Waals surface area (Å²) in [4.78, 5) is 10.7. The van der Waals surface area contributed by atoms with E-state index in [-0.39, 0.29) is 13.2 Å². The van der Waals surface area contributed by atoms with E-state index in [9.17, 15) is 9.90 Å². The second-order valence-corrected chi connectivity index (χ2v) is 7.52. The van der Waals surface area contributed by atoms with Gasteiger partial charge in [0.2, 0.25) is 0 Å². The second kappa shape index (κ2) is 13.1. The first-order valence-corrected chi connectivity index (χ1v) is 10.9. The van der Waals surface area contributed by atoms with Crippen molar-refractivity contribution in [2.75, 3.05) is 26.3 Å². The number of carboxylic acids is 1. The molecule has 6 heteroatoms. The summed E-state index contributed by atoms with van der Waals surface area (Å²) in [6.07, 6.45) is 2.26. The number of rotatable bonds is 13. The van der Waals surface area contributed by atoms with Gasteiger partial charge in [0, 0.05) is 6.54 Å². The number of aliphatic carboxylic acids is 1. The average Bonchev–Trinajstić information content (AvgIpc) is 2.85. The number of ether oxygens (including phenoxy) is 2. The van der Waals surface area contributed by atoms with Gasteiger partial charge in [-0.05, 0) is 53.9 Å². The highest BCUT2D eigenvalue weighted by molar-refractivity contribution is 5.81. The van der Waals surface area contributed by atoms with E-state index < -0.39 is 12.1 Å². The Labute approximate surface area is 194 Å². The third kappa shape index (κ3) is 8.80. The first-order valence-electron chi connectivity index (χ1n) is 10.9. The van der Waals surface area contributed by atoms with Gasteiger partial charge in [0.05, 0.1) is 0 Å². The summed E-state index contributed by atoms with van der Waals surface area (Å²) in [5, 5.41) is 22.2. The normalized spacial score (nSPS) is 12.2. The van der Waals surface area contributed by atoms with Gasteiger partial charge in [-0.1, -0.05) is 66.7 Å². The van der Waals surface area contributed by atoms with E-state index in [2.05, 4.69) is 11.4 Å². The molecule has 0 bridgehead atoms. The SMILES string of the molecule is O=C(O)COc1ccc(/C(=C/c2ccccc2)CCNCC(O)COc2ccccc2)cc1. The fourth-order valence-electron chi connectivity index (χ4n) is 3.22. The predicted octanol–water partition coefficient (Wildman–Crippen LogP) is 4.11. The van der Waals surface area contributed by atoms with Gasteiger partial charge in [-0.2, -0.15) is 0 Å². The van der Waals surface area contributed by atoms with Crippen LogP contribution in [0.5, 0.6) is 11.5 Å². The molecular formula is C27H29NO5. The molecule has 0 aliphatic heterocycles. The lowest BCUT2D eigenvalue weighted by Gasteiger charge is -2.14. The zero-order chi connectivity index (χ0) is 23.3. The van der Waals surface area contributed by atoms with Crippen molar-refractivity contribution in [3.8, 4) is 11.5 Å². The quantitative estimate of drug-likeness (QED) is 0.270. The van der Waals surface area contributed by atoms with Gasteiger partial charge in [-0.3, -0.25) is 0 Å². The van der Waals surface area contributed by atoms with E-state index in [0.717, 1.165) is 28.9 Å². The third-order valence-corrected chi connectivity index (χ3v) is 4.86. The van der Waals surface area contributed by atoms with Crippen molar-refractivity contribution in [3.63, 3.8) is 0 Å². The molecule has 0 aliphatic rings. The van der Waals surface area contributed by atoms with Crippen molar-refractivity contribution >= 4 is 17.6 Å². The Morgan fingerprint density at radius 1 is 0.879 bits per heavy atom. The van der Waals surface area contributed by atoms with Gasteiger partial charge in [0.15, 0.2) is 6.61 Å². The van der Waals surface area contributed by atoms with Crippen LogP contribution in [0.25, 0.3) is 11.6 Å². The summed E-state index contributed by atoms with van der Waals surface area (Å²) in [5.74, 6) is 0.242. The number of benzene rings is 3. The van der Waals surface area contributed by atoms with Crippen LogP contribution >= 0.6 is 0 Å². The number of hydrogen-bond acceptors (Lipinski definition) is 5. The number of aliphatic hydroxyl groups is 1. The van der Waals surface area contributed by atoms with Gasteiger partial charge in [-0.25, -0.2) is 4.79 Å². The summed E-state index contributed by atoms with van der Waals surface area (Å²) in [5.41, 5.74) is 3.24. The first-order chi connectivity index (χ1) is 16.1. The maximum Gasteiger partial charge on any atom is 0.341 e. The summed E-state index contributed by atoms with van der Waals surface area (Å²) >= 11 is 0. The fourth-order valence-corrected chi connectivity index (χ4v) is 3.22. The van der Waals surface area contributed by atoms with Gasteiger partial charge in [-0.15, -0.1) is 0 Å². The molecule has 0 radical (unpaired) electrons. The standard InChI is InChI=1S/C27H29NO5/c29-24(19-32-25-9-5-2-6-10-25)18-28-16-15-23(17-21-7-3-1-4-8-21)22-11-13-26(14-12-22)33-20-27(30)31/h1-14,17,24,28-29H,15-16,18-20H2,(H,30,31)/b23-17+. The maximum atomic E-state index is 10.7. The van der Waals surface area contributed by atoms with Crippen molar-refractivity contribution < 1.29 is 24.5 Å². The maximum absolute atomic E-state index is 10.7. The highest BCUT2D eigenvalue weighted by Gasteiger charge is 2.07. The highest BCUT2D eigenvalue weighted by atomic mass is 16.5. The molecule has 1 atom stereocenters. The van der Waals surface area contributed by atoms with Crippen LogP contribution in [-0.4, -0.2) is 48.6 Å². The van der Waals surface area contributed by atoms with E-state index >= 15 is 0 Å². The highest BCUT2D eigenvalue weighted by Crippen LogP contribution is 2.24. The topological polar surface area (TPSA) is 88.0 Å². The van der Waals surface area contributed by atoms with Crippen molar-refractivity contribution in [2.24, 2.45) is 0 Å². The molecular weight excluding hydrogens is 418 g/mol. The summed E-state index contributed by atoms with van der Waals surface area (Å²) < 4.78 is 10.8. The summed E-state index contributed by atoms with van der Waals surface area (Å²) in [6, 6.07) is 26.9. The lowest BCUT2D eigenvalue weighted by atomic mass is 9.99. The van der Waals surface area contributed by atoms with Gasteiger partial charge >= 0.3 is 5.97 Å². The van der Waals surface area contributed by atoms with Crippen LogP contribution in [0.1, 0.15) is 17.5 Å². The zero-order valence-corrected chi connectivity index (χ0v) is 18.4. The second-order valence-electron chi connectivity index (χ2n) is 7.52. The fraction of sp³-hybridized carbons (Fsp3) is 0.222. The van der Waals surface area contributed by atoms with Crippen LogP contribution in [-0.2, 0) is 4.79 Å². The van der Waals surface area contributed by atoms with Crippen LogP contribution < -0.4 is 14.8 Å². The van der Waals surface area contributed by atoms with Crippen LogP contribution in [0, 0.1) is 0 Å². The molecule has 33 heavy (non-hydrogen) atoms. The monoisotopic (exact) mass is 447 g/mol. The predicted molar refractivity (Wildman–Crippen MR) is 129 cm³/mol. The van der Waals surface area contributed by atoms with Gasteiger partial charge in [0.1, 0.15) is 24.2 Å². The van der Waals surface area contributed by atoms with Crippen LogP contribution in [0.15, 0.2) is 84.9 Å². The number of para-hydroxylation sites is 1. The molecule has 3 aromatic carbocycles. The van der Waals surface area contributed by atoms with Crippen molar-refractivity contribution in [3.05, 3.63) is 96.1 Å². The molecule has 0 saturated carbocycles. The van der Waals surface area contributed by atoms with E-state index in [0.29, 0.717) is 18.8 Å². The molecule has 0 fully saturated rings. The Morgan fingerprint density at radius 2 is 1.52 bits per heavy atom. The van der Waals surface area contributed by atoms with E-state index in [1.54, 1.807) is 12.1 Å². The Balaban J connectivity index is 1.55. The molecule has 0 amide bonds. The molecule has 0 aromatic heterocycles. The zero-order valence-electron chi connectivity index (χ0n) is 18.4. The molecule has 0 saturated heterocycles. The molecule has 172 valence electrons. The van der Waals surface area contributed by atoms with Crippen LogP contribution in [0.4, 0.5) is 0 Å². The average molecular weight is 448 g/mol. The summed E-state index contributed by atoms with van der Waals surface area (Å²) in [7, 11) is 0. The molecule has 6 nitrogen and oxygen atoms in total. The Hall–Kier alpha value is -3.61. The molecule has 1 unspecified atom stereocenters. The third-order valence-electron chi connectivity index (χ3n) is 4.86. The lowest BCUT2D eigenvalue weighted by molar-refractivity contribution is -0.139. The van der Waals surface area contributed by atoms with Crippen LogP contribution in [0.3, 0.4) is 0 Å². The number of carboxylic acid groups (broad SMARTS) is 1. The van der Waals surface area contributed by atoms with Crippen molar-refractivity contribution in [1.29, 1.82) is 0 Å². The molecule has 3 rings (SSSR count). The smallest absolute Gasteiger partial charge is 0.341 e. The Kier molecular flexibility index (Phi) is 9.51.